The van der Waals surface area contributed by atoms with Crippen LogP contribution in [0.5, 0.6) is 0 Å². The fraction of sp³-hybridized carbons (Fsp3) is 0.250. The average molecular weight is 279 g/mol. The maximum atomic E-state index is 11.8. The van der Waals surface area contributed by atoms with Crippen LogP contribution in [0.25, 0.3) is 0 Å². The minimum atomic E-state index is -0.956. The van der Waals surface area contributed by atoms with Gasteiger partial charge in [0.25, 0.3) is 5.91 Å². The molecule has 0 aromatic carbocycles. The maximum absolute atomic E-state index is 11.8. The van der Waals surface area contributed by atoms with E-state index in [0.29, 0.717) is 12.2 Å². The van der Waals surface area contributed by atoms with E-state index in [1.165, 1.54) is 6.07 Å². The molecule has 7 heteroatoms. The Morgan fingerprint density at radius 3 is 2.74 bits per heavy atom. The monoisotopic (exact) mass is 279 g/mol. The predicted molar refractivity (Wildman–Crippen MR) is 70.4 cm³/mol. The Bertz CT molecular complexity index is 610. The zero-order valence-corrected chi connectivity index (χ0v) is 11.3. The van der Waals surface area contributed by atoms with Gasteiger partial charge in [0.2, 0.25) is 0 Å². The van der Waals surface area contributed by atoms with E-state index in [-0.39, 0.29) is 10.8 Å². The highest BCUT2D eigenvalue weighted by Crippen LogP contribution is 2.16. The molecule has 100 valence electrons. The number of carbonyl (C=O) groups excluding carboxylic acids is 1. The minimum Gasteiger partial charge on any atom is -0.477 e. The van der Waals surface area contributed by atoms with E-state index >= 15 is 0 Å². The second-order valence-corrected chi connectivity index (χ2v) is 5.22. The van der Waals surface area contributed by atoms with E-state index in [4.69, 9.17) is 5.11 Å². The maximum Gasteiger partial charge on any atom is 0.345 e. The number of hydrogen-bond donors (Lipinski definition) is 2. The van der Waals surface area contributed by atoms with Gasteiger partial charge in [0, 0.05) is 17.6 Å². The Balaban J connectivity index is 1.98. The first-order chi connectivity index (χ1) is 8.97. The third-order valence-corrected chi connectivity index (χ3v) is 3.72. The molecule has 6 nitrogen and oxygen atoms in total. The Labute approximate surface area is 113 Å². The number of aryl methyl sites for hydroxylation is 2. The number of hydrogen-bond acceptors (Lipinski definition) is 4. The molecule has 0 aliphatic carbocycles. The van der Waals surface area contributed by atoms with Crippen molar-refractivity contribution < 1.29 is 14.7 Å². The summed E-state index contributed by atoms with van der Waals surface area (Å²) in [4.78, 5) is 23.6. The van der Waals surface area contributed by atoms with Crippen molar-refractivity contribution in [2.24, 2.45) is 7.05 Å². The number of rotatable bonds is 4. The quantitative estimate of drug-likeness (QED) is 0.886. The number of nitrogens with one attached hydrogen (secondary N) is 1. The molecule has 0 radical (unpaired) electrons. The van der Waals surface area contributed by atoms with Crippen LogP contribution in [0.1, 0.15) is 30.7 Å². The lowest BCUT2D eigenvalue weighted by molar-refractivity contribution is 0.0702. The first-order valence-electron chi connectivity index (χ1n) is 5.58. The van der Waals surface area contributed by atoms with Gasteiger partial charge in [-0.3, -0.25) is 9.48 Å². The van der Waals surface area contributed by atoms with Gasteiger partial charge in [-0.25, -0.2) is 4.79 Å². The van der Waals surface area contributed by atoms with Crippen molar-refractivity contribution in [2.75, 3.05) is 0 Å². The second-order valence-electron chi connectivity index (χ2n) is 4.05. The Hall–Kier alpha value is -2.15. The number of aromatic nitrogens is 2. The first-order valence-corrected chi connectivity index (χ1v) is 6.40. The van der Waals surface area contributed by atoms with E-state index in [1.807, 2.05) is 6.92 Å². The van der Waals surface area contributed by atoms with Gasteiger partial charge >= 0.3 is 5.97 Å². The summed E-state index contributed by atoms with van der Waals surface area (Å²) < 4.78 is 1.63. The van der Waals surface area contributed by atoms with Crippen molar-refractivity contribution in [3.05, 3.63) is 39.3 Å². The molecule has 0 aliphatic heterocycles. The molecule has 0 bridgehead atoms. The van der Waals surface area contributed by atoms with Crippen molar-refractivity contribution in [1.29, 1.82) is 0 Å². The lowest BCUT2D eigenvalue weighted by Gasteiger charge is -2.00. The Kier molecular flexibility index (Phi) is 3.66. The third-order valence-electron chi connectivity index (χ3n) is 2.64. The van der Waals surface area contributed by atoms with Crippen molar-refractivity contribution >= 4 is 23.2 Å². The van der Waals surface area contributed by atoms with Crippen LogP contribution in [-0.4, -0.2) is 26.8 Å². The SMILES string of the molecule is Cc1cc(C(=O)NCc2ccc(C(=O)O)s2)nn1C. The third kappa shape index (κ3) is 3.00. The number of carbonyl (C=O) groups is 2. The van der Waals surface area contributed by atoms with Crippen molar-refractivity contribution in [2.45, 2.75) is 13.5 Å². The summed E-state index contributed by atoms with van der Waals surface area (Å²) in [6.45, 7) is 2.16. The molecular weight excluding hydrogens is 266 g/mol. The lowest BCUT2D eigenvalue weighted by Crippen LogP contribution is -2.22. The van der Waals surface area contributed by atoms with Gasteiger partial charge in [0.1, 0.15) is 10.6 Å². The van der Waals surface area contributed by atoms with Crippen LogP contribution in [-0.2, 0) is 13.6 Å². The normalized spacial score (nSPS) is 10.4. The van der Waals surface area contributed by atoms with Gasteiger partial charge in [0.15, 0.2) is 0 Å². The Morgan fingerprint density at radius 1 is 1.47 bits per heavy atom. The lowest BCUT2D eigenvalue weighted by atomic mass is 10.3. The number of carboxylic acids is 1. The van der Waals surface area contributed by atoms with Crippen LogP contribution < -0.4 is 5.32 Å². The Morgan fingerprint density at radius 2 is 2.21 bits per heavy atom. The summed E-state index contributed by atoms with van der Waals surface area (Å²) in [5.74, 6) is -1.23. The van der Waals surface area contributed by atoms with Crippen LogP contribution in [0, 0.1) is 6.92 Å². The number of amides is 1. The molecule has 0 atom stereocenters. The second kappa shape index (κ2) is 5.23. The summed E-state index contributed by atoms with van der Waals surface area (Å²) in [6.07, 6.45) is 0. The molecule has 1 amide bonds. The summed E-state index contributed by atoms with van der Waals surface area (Å²) in [5.41, 5.74) is 1.25. The summed E-state index contributed by atoms with van der Waals surface area (Å²) in [6, 6.07) is 4.92. The summed E-state index contributed by atoms with van der Waals surface area (Å²) in [7, 11) is 1.77. The molecule has 2 heterocycles. The van der Waals surface area contributed by atoms with E-state index < -0.39 is 5.97 Å². The number of aromatic carboxylic acids is 1. The highest BCUT2D eigenvalue weighted by atomic mass is 32.1. The number of thiophene rings is 1. The highest BCUT2D eigenvalue weighted by Gasteiger charge is 2.12. The van der Waals surface area contributed by atoms with Gasteiger partial charge < -0.3 is 10.4 Å². The summed E-state index contributed by atoms with van der Waals surface area (Å²) >= 11 is 1.15. The topological polar surface area (TPSA) is 84.2 Å². The highest BCUT2D eigenvalue weighted by molar-refractivity contribution is 7.13. The zero-order valence-electron chi connectivity index (χ0n) is 10.5. The molecule has 0 saturated carbocycles. The molecular formula is C12H13N3O3S. The van der Waals surface area contributed by atoms with Gasteiger partial charge in [0.05, 0.1) is 6.54 Å². The molecule has 0 saturated heterocycles. The van der Waals surface area contributed by atoms with Crippen LogP contribution in [0.3, 0.4) is 0 Å². The number of nitrogens with zero attached hydrogens (tertiary/aromatic N) is 2. The molecule has 0 spiro atoms. The molecule has 0 unspecified atom stereocenters. The zero-order chi connectivity index (χ0) is 14.0. The fourth-order valence-electron chi connectivity index (χ4n) is 1.52. The van der Waals surface area contributed by atoms with Gasteiger partial charge in [-0.2, -0.15) is 5.10 Å². The first kappa shape index (κ1) is 13.3. The van der Waals surface area contributed by atoms with Crippen molar-refractivity contribution in [3.8, 4) is 0 Å². The van der Waals surface area contributed by atoms with E-state index in [0.717, 1.165) is 21.9 Å². The smallest absolute Gasteiger partial charge is 0.345 e. The predicted octanol–water partition coefficient (Wildman–Crippen LogP) is 1.42. The molecule has 0 fully saturated rings. The standard InChI is InChI=1S/C12H13N3O3S/c1-7-5-9(14-15(7)2)11(16)13-6-8-3-4-10(19-8)12(17)18/h3-5H,6H2,1-2H3,(H,13,16)(H,17,18). The molecule has 19 heavy (non-hydrogen) atoms. The van der Waals surface area contributed by atoms with Crippen molar-refractivity contribution in [1.82, 2.24) is 15.1 Å². The van der Waals surface area contributed by atoms with Gasteiger partial charge in [-0.05, 0) is 25.1 Å². The fourth-order valence-corrected chi connectivity index (χ4v) is 2.30. The summed E-state index contributed by atoms with van der Waals surface area (Å²) in [5, 5.41) is 15.6. The molecule has 0 aliphatic rings. The van der Waals surface area contributed by atoms with E-state index in [1.54, 1.807) is 23.9 Å². The molecule has 2 N–H and O–H groups in total. The van der Waals surface area contributed by atoms with Crippen LogP contribution in [0.2, 0.25) is 0 Å². The minimum absolute atomic E-state index is 0.262. The average Bonchev–Trinajstić information content (AvgIpc) is 2.94. The molecule has 2 rings (SSSR count). The van der Waals surface area contributed by atoms with Crippen LogP contribution >= 0.6 is 11.3 Å². The van der Waals surface area contributed by atoms with Gasteiger partial charge in [-0.1, -0.05) is 0 Å². The van der Waals surface area contributed by atoms with E-state index in [2.05, 4.69) is 10.4 Å². The largest absolute Gasteiger partial charge is 0.477 e. The van der Waals surface area contributed by atoms with Gasteiger partial charge in [-0.15, -0.1) is 11.3 Å². The van der Waals surface area contributed by atoms with Crippen LogP contribution in [0.15, 0.2) is 18.2 Å². The molecule has 2 aromatic rings. The van der Waals surface area contributed by atoms with E-state index in [9.17, 15) is 9.59 Å². The van der Waals surface area contributed by atoms with Crippen molar-refractivity contribution in [3.63, 3.8) is 0 Å². The van der Waals surface area contributed by atoms with Crippen LogP contribution in [0.4, 0.5) is 0 Å². The number of carboxylic acid groups (broad SMARTS) is 1. The molecule has 2 aromatic heterocycles.